The highest BCUT2D eigenvalue weighted by Gasteiger charge is 2.19. The molecule has 0 unspecified atom stereocenters. The maximum absolute atomic E-state index is 2.50. The minimum atomic E-state index is 1.36. The molecule has 4 heteroatoms. The number of hydrogen-bond donors (Lipinski definition) is 0. The van der Waals surface area contributed by atoms with Gasteiger partial charge in [-0.3, -0.25) is 0 Å². The number of thiophene rings is 4. The Morgan fingerprint density at radius 3 is 1.19 bits per heavy atom. The lowest BCUT2D eigenvalue weighted by Gasteiger charge is -2.12. The monoisotopic (exact) mass is 534 g/mol. The normalized spacial score (nSPS) is 12.4. The summed E-state index contributed by atoms with van der Waals surface area (Å²) in [5.41, 5.74) is 2.74. The van der Waals surface area contributed by atoms with E-state index in [1.165, 1.54) is 92.5 Å². The first-order valence-electron chi connectivity index (χ1n) is 12.2. The van der Waals surface area contributed by atoms with Gasteiger partial charge in [0.15, 0.2) is 0 Å². The SMILES string of the molecule is Cc1cc2ccc3c(cc(-c4cc5c(ccc6cc(C)sc65)c5sc(C)cc45)c4cc(C)sc43)c2s1. The Morgan fingerprint density at radius 1 is 0.361 bits per heavy atom. The molecule has 0 bridgehead atoms. The average Bonchev–Trinajstić information content (AvgIpc) is 3.60. The van der Waals surface area contributed by atoms with Gasteiger partial charge >= 0.3 is 0 Å². The molecule has 8 rings (SSSR count). The van der Waals surface area contributed by atoms with Crippen molar-refractivity contribution in [2.75, 3.05) is 0 Å². The van der Waals surface area contributed by atoms with Crippen molar-refractivity contribution < 1.29 is 0 Å². The second kappa shape index (κ2) is 7.39. The molecule has 4 heterocycles. The van der Waals surface area contributed by atoms with Crippen LogP contribution in [-0.2, 0) is 0 Å². The topological polar surface area (TPSA) is 0 Å². The third kappa shape index (κ3) is 2.90. The van der Waals surface area contributed by atoms with Crippen molar-refractivity contribution >= 4 is 107 Å². The Bertz CT molecular complexity index is 2030. The predicted molar refractivity (Wildman–Crippen MR) is 167 cm³/mol. The van der Waals surface area contributed by atoms with Crippen LogP contribution in [0.3, 0.4) is 0 Å². The number of benzene rings is 4. The lowest BCUT2D eigenvalue weighted by Crippen LogP contribution is -1.85. The van der Waals surface area contributed by atoms with E-state index in [0.717, 1.165) is 0 Å². The Kier molecular flexibility index (Phi) is 4.38. The molecule has 174 valence electrons. The molecule has 0 fully saturated rings. The Hall–Kier alpha value is -2.76. The van der Waals surface area contributed by atoms with Crippen LogP contribution >= 0.6 is 45.3 Å². The highest BCUT2D eigenvalue weighted by Crippen LogP contribution is 2.48. The van der Waals surface area contributed by atoms with E-state index >= 15 is 0 Å². The lowest BCUT2D eigenvalue weighted by molar-refractivity contribution is 1.65. The predicted octanol–water partition coefficient (Wildman–Crippen LogP) is 11.8. The molecule has 0 aliphatic carbocycles. The zero-order valence-corrected chi connectivity index (χ0v) is 23.7. The van der Waals surface area contributed by atoms with Gasteiger partial charge in [-0.15, -0.1) is 45.3 Å². The Morgan fingerprint density at radius 2 is 0.750 bits per heavy atom. The maximum Gasteiger partial charge on any atom is 0.0430 e. The standard InChI is InChI=1S/C32H22S4/c1-15-9-19-5-7-21-27(29(19)33-15)13-23(25-11-17(3)35-31(21)25)24-14-28-22(32-26(24)12-18(4)36-32)8-6-20-10-16(2)34-30(20)28/h5-14H,1-4H3. The third-order valence-electron chi connectivity index (χ3n) is 7.34. The van der Waals surface area contributed by atoms with Crippen molar-refractivity contribution in [1.29, 1.82) is 0 Å². The zero-order chi connectivity index (χ0) is 24.3. The van der Waals surface area contributed by atoms with Crippen molar-refractivity contribution in [1.82, 2.24) is 0 Å². The van der Waals surface area contributed by atoms with E-state index in [9.17, 15) is 0 Å². The smallest absolute Gasteiger partial charge is 0.0430 e. The summed E-state index contributed by atoms with van der Waals surface area (Å²) in [7, 11) is 0. The molecule has 8 aromatic rings. The maximum atomic E-state index is 2.50. The summed E-state index contributed by atoms with van der Waals surface area (Å²) in [5.74, 6) is 0. The number of fused-ring (bicyclic) bond motifs is 10. The van der Waals surface area contributed by atoms with Crippen LogP contribution in [0.5, 0.6) is 0 Å². The van der Waals surface area contributed by atoms with Gasteiger partial charge in [0.25, 0.3) is 0 Å². The molecule has 0 saturated carbocycles. The van der Waals surface area contributed by atoms with Gasteiger partial charge in [-0.2, -0.15) is 0 Å². The third-order valence-corrected chi connectivity index (χ3v) is 11.7. The van der Waals surface area contributed by atoms with Gasteiger partial charge in [0.2, 0.25) is 0 Å². The fourth-order valence-corrected chi connectivity index (χ4v) is 10.1. The van der Waals surface area contributed by atoms with E-state index in [1.54, 1.807) is 0 Å². The molecule has 4 aromatic heterocycles. The summed E-state index contributed by atoms with van der Waals surface area (Å²) in [5, 5.41) is 11.0. The largest absolute Gasteiger partial charge is 0.140 e. The summed E-state index contributed by atoms with van der Waals surface area (Å²) in [6.45, 7) is 8.94. The number of aryl methyl sites for hydroxylation is 4. The van der Waals surface area contributed by atoms with Gasteiger partial charge < -0.3 is 0 Å². The van der Waals surface area contributed by atoms with Crippen LogP contribution in [0.4, 0.5) is 0 Å². The molecular weight excluding hydrogens is 513 g/mol. The highest BCUT2D eigenvalue weighted by atomic mass is 32.1. The van der Waals surface area contributed by atoms with Crippen molar-refractivity contribution in [3.8, 4) is 11.1 Å². The molecular formula is C32H22S4. The highest BCUT2D eigenvalue weighted by molar-refractivity contribution is 7.22. The fraction of sp³-hybridized carbons (Fsp3) is 0.125. The van der Waals surface area contributed by atoms with Gasteiger partial charge in [0.1, 0.15) is 0 Å². The van der Waals surface area contributed by atoms with Crippen LogP contribution in [0.1, 0.15) is 19.5 Å². The Balaban J connectivity index is 1.60. The van der Waals surface area contributed by atoms with E-state index in [4.69, 9.17) is 0 Å². The summed E-state index contributed by atoms with van der Waals surface area (Å²) >= 11 is 7.72. The first-order valence-corrected chi connectivity index (χ1v) is 15.4. The van der Waals surface area contributed by atoms with Crippen molar-refractivity contribution in [3.63, 3.8) is 0 Å². The minimum absolute atomic E-state index is 1.36. The van der Waals surface area contributed by atoms with Crippen LogP contribution in [0.15, 0.2) is 60.7 Å². The molecule has 0 spiro atoms. The number of hydrogen-bond acceptors (Lipinski definition) is 4. The van der Waals surface area contributed by atoms with Crippen molar-refractivity contribution in [3.05, 3.63) is 80.2 Å². The summed E-state index contributed by atoms with van der Waals surface area (Å²) in [6, 6.07) is 23.8. The van der Waals surface area contributed by atoms with Gasteiger partial charge in [-0.25, -0.2) is 0 Å². The van der Waals surface area contributed by atoms with Crippen molar-refractivity contribution in [2.24, 2.45) is 0 Å². The molecule has 0 saturated heterocycles. The van der Waals surface area contributed by atoms with Gasteiger partial charge in [0.05, 0.1) is 0 Å². The van der Waals surface area contributed by atoms with Crippen LogP contribution < -0.4 is 0 Å². The van der Waals surface area contributed by atoms with Crippen LogP contribution in [0.2, 0.25) is 0 Å². The van der Waals surface area contributed by atoms with Crippen LogP contribution in [0.25, 0.3) is 73.0 Å². The van der Waals surface area contributed by atoms with Gasteiger partial charge in [0, 0.05) is 70.6 Å². The summed E-state index contributed by atoms with van der Waals surface area (Å²) < 4.78 is 5.65. The molecule has 0 aliphatic heterocycles. The van der Waals surface area contributed by atoms with E-state index < -0.39 is 0 Å². The van der Waals surface area contributed by atoms with E-state index in [0.29, 0.717) is 0 Å². The van der Waals surface area contributed by atoms with E-state index in [2.05, 4.69) is 88.4 Å². The first kappa shape index (κ1) is 21.3. The van der Waals surface area contributed by atoms with Crippen LogP contribution in [-0.4, -0.2) is 0 Å². The average molecular weight is 535 g/mol. The Labute approximate surface area is 225 Å². The van der Waals surface area contributed by atoms with E-state index in [-0.39, 0.29) is 0 Å². The molecule has 0 amide bonds. The van der Waals surface area contributed by atoms with Crippen molar-refractivity contribution in [2.45, 2.75) is 27.7 Å². The molecule has 0 nitrogen and oxygen atoms in total. The van der Waals surface area contributed by atoms with Gasteiger partial charge in [-0.1, -0.05) is 24.3 Å². The second-order valence-corrected chi connectivity index (χ2v) is 14.9. The molecule has 36 heavy (non-hydrogen) atoms. The first-order chi connectivity index (χ1) is 17.4. The quantitative estimate of drug-likeness (QED) is 0.196. The summed E-state index contributed by atoms with van der Waals surface area (Å²) in [6.07, 6.45) is 0. The molecule has 0 aliphatic rings. The molecule has 0 radical (unpaired) electrons. The molecule has 0 N–H and O–H groups in total. The van der Waals surface area contributed by atoms with E-state index in [1.807, 2.05) is 45.3 Å². The minimum Gasteiger partial charge on any atom is -0.140 e. The van der Waals surface area contributed by atoms with Crippen LogP contribution in [0, 0.1) is 27.7 Å². The number of rotatable bonds is 1. The van der Waals surface area contributed by atoms with Gasteiger partial charge in [-0.05, 0) is 86.0 Å². The zero-order valence-electron chi connectivity index (χ0n) is 20.4. The lowest BCUT2D eigenvalue weighted by atomic mass is 9.92. The summed E-state index contributed by atoms with van der Waals surface area (Å²) in [4.78, 5) is 5.49. The fourth-order valence-electron chi connectivity index (χ4n) is 5.91. The molecule has 0 atom stereocenters. The molecule has 4 aromatic carbocycles. The second-order valence-electron chi connectivity index (χ2n) is 9.92.